The minimum atomic E-state index is -0.551. The molecule has 0 radical (unpaired) electrons. The lowest BCUT2D eigenvalue weighted by molar-refractivity contribution is -0.148. The molecule has 0 spiro atoms. The van der Waals surface area contributed by atoms with Crippen molar-refractivity contribution in [2.45, 2.75) is 13.2 Å². The topological polar surface area (TPSA) is 71.1 Å². The van der Waals surface area contributed by atoms with E-state index < -0.39 is 11.9 Å². The highest BCUT2D eigenvalue weighted by Crippen LogP contribution is 2.28. The first-order chi connectivity index (χ1) is 16.3. The zero-order valence-electron chi connectivity index (χ0n) is 17.6. The highest BCUT2D eigenvalue weighted by Gasteiger charge is 2.10. The number of esters is 2. The van der Waals surface area contributed by atoms with E-state index in [0.717, 1.165) is 11.1 Å². The highest BCUT2D eigenvalue weighted by atomic mass is 35.5. The highest BCUT2D eigenvalue weighted by molar-refractivity contribution is 6.36. The van der Waals surface area contributed by atoms with Gasteiger partial charge in [0.1, 0.15) is 24.7 Å². The second-order valence-corrected chi connectivity index (χ2v) is 8.55. The van der Waals surface area contributed by atoms with Crippen LogP contribution in [0, 0.1) is 0 Å². The number of hydrogen-bond donors (Lipinski definition) is 0. The molecular formula is C24H18Cl4O6. The molecular weight excluding hydrogens is 526 g/mol. The Hall–Kier alpha value is -2.64. The lowest BCUT2D eigenvalue weighted by Gasteiger charge is -2.10. The quantitative estimate of drug-likeness (QED) is 0.270. The van der Waals surface area contributed by atoms with Gasteiger partial charge in [-0.05, 0) is 47.5 Å². The van der Waals surface area contributed by atoms with Gasteiger partial charge >= 0.3 is 11.9 Å². The molecule has 0 aliphatic rings. The number of ether oxygens (including phenoxy) is 4. The van der Waals surface area contributed by atoms with Gasteiger partial charge < -0.3 is 18.9 Å². The minimum absolute atomic E-state index is 0.0618. The largest absolute Gasteiger partial charge is 0.480 e. The van der Waals surface area contributed by atoms with E-state index in [4.69, 9.17) is 65.4 Å². The summed E-state index contributed by atoms with van der Waals surface area (Å²) >= 11 is 23.6. The number of carbonyl (C=O) groups excluding carboxylic acids is 2. The first-order valence-electron chi connectivity index (χ1n) is 9.85. The van der Waals surface area contributed by atoms with Crippen molar-refractivity contribution in [3.63, 3.8) is 0 Å². The van der Waals surface area contributed by atoms with Crippen molar-refractivity contribution in [3.8, 4) is 11.5 Å². The van der Waals surface area contributed by atoms with Crippen LogP contribution in [0.25, 0.3) is 0 Å². The number of rotatable bonds is 10. The Labute approximate surface area is 216 Å². The molecule has 0 aliphatic carbocycles. The normalized spacial score (nSPS) is 10.5. The third-order valence-corrected chi connectivity index (χ3v) is 5.36. The van der Waals surface area contributed by atoms with E-state index in [1.54, 1.807) is 48.5 Å². The summed E-state index contributed by atoms with van der Waals surface area (Å²) in [7, 11) is 0. The molecule has 34 heavy (non-hydrogen) atoms. The molecule has 3 aromatic rings. The predicted molar refractivity (Wildman–Crippen MR) is 130 cm³/mol. The van der Waals surface area contributed by atoms with Crippen molar-refractivity contribution in [3.05, 3.63) is 91.9 Å². The van der Waals surface area contributed by atoms with E-state index >= 15 is 0 Å². The van der Waals surface area contributed by atoms with E-state index in [1.165, 1.54) is 12.1 Å². The Morgan fingerprint density at radius 2 is 0.971 bits per heavy atom. The molecule has 0 amide bonds. The maximum atomic E-state index is 11.9. The van der Waals surface area contributed by atoms with Gasteiger partial charge in [-0.15, -0.1) is 0 Å². The van der Waals surface area contributed by atoms with Crippen LogP contribution in [0.5, 0.6) is 11.5 Å². The summed E-state index contributed by atoms with van der Waals surface area (Å²) in [5, 5.41) is 1.54. The molecule has 10 heteroatoms. The van der Waals surface area contributed by atoms with Crippen molar-refractivity contribution < 1.29 is 28.5 Å². The number of carbonyl (C=O) groups is 2. The molecule has 0 bridgehead atoms. The first kappa shape index (κ1) is 26.0. The fourth-order valence-electron chi connectivity index (χ4n) is 2.60. The van der Waals surface area contributed by atoms with Crippen LogP contribution < -0.4 is 9.47 Å². The van der Waals surface area contributed by atoms with Crippen molar-refractivity contribution in [2.75, 3.05) is 13.2 Å². The zero-order chi connectivity index (χ0) is 24.5. The average Bonchev–Trinajstić information content (AvgIpc) is 2.81. The second-order valence-electron chi connectivity index (χ2n) is 6.86. The molecule has 0 unspecified atom stereocenters. The van der Waals surface area contributed by atoms with E-state index in [-0.39, 0.29) is 26.4 Å². The van der Waals surface area contributed by atoms with Gasteiger partial charge in [0.15, 0.2) is 13.2 Å². The van der Waals surface area contributed by atoms with E-state index in [9.17, 15) is 9.59 Å². The van der Waals surface area contributed by atoms with Crippen LogP contribution in [0.2, 0.25) is 20.1 Å². The lowest BCUT2D eigenvalue weighted by atomic mass is 10.1. The summed E-state index contributed by atoms with van der Waals surface area (Å²) in [4.78, 5) is 23.8. The molecule has 178 valence electrons. The molecule has 0 N–H and O–H groups in total. The summed E-state index contributed by atoms with van der Waals surface area (Å²) in [5.74, 6) is -0.429. The van der Waals surface area contributed by atoms with Crippen LogP contribution in [0.3, 0.4) is 0 Å². The van der Waals surface area contributed by atoms with Crippen LogP contribution in [-0.4, -0.2) is 25.2 Å². The Bertz CT molecular complexity index is 1060. The Kier molecular flexibility index (Phi) is 9.72. The maximum Gasteiger partial charge on any atom is 0.344 e. The second kappa shape index (κ2) is 12.7. The maximum absolute atomic E-state index is 11.9. The fraction of sp³-hybridized carbons (Fsp3) is 0.167. The summed E-state index contributed by atoms with van der Waals surface area (Å²) in [6.45, 7) is -0.462. The van der Waals surface area contributed by atoms with Crippen molar-refractivity contribution in [1.29, 1.82) is 0 Å². The van der Waals surface area contributed by atoms with Crippen LogP contribution in [0.15, 0.2) is 60.7 Å². The zero-order valence-corrected chi connectivity index (χ0v) is 20.6. The van der Waals surface area contributed by atoms with E-state index in [0.29, 0.717) is 31.6 Å². The molecule has 0 saturated carbocycles. The van der Waals surface area contributed by atoms with Gasteiger partial charge in [-0.3, -0.25) is 0 Å². The van der Waals surface area contributed by atoms with Crippen LogP contribution in [0.4, 0.5) is 0 Å². The van der Waals surface area contributed by atoms with E-state index in [1.807, 2.05) is 0 Å². The summed E-state index contributed by atoms with van der Waals surface area (Å²) in [5.41, 5.74) is 1.52. The van der Waals surface area contributed by atoms with Gasteiger partial charge in [-0.1, -0.05) is 70.7 Å². The number of hydrogen-bond acceptors (Lipinski definition) is 6. The molecule has 6 nitrogen and oxygen atoms in total. The standard InChI is InChI=1S/C24H18Cl4O6/c25-17-5-7-21(19(27)9-17)31-13-23(29)33-11-15-1-2-16(4-3-15)12-34-24(30)14-32-22-8-6-18(26)10-20(22)28/h1-10H,11-14H2. The first-order valence-corrected chi connectivity index (χ1v) is 11.4. The molecule has 0 heterocycles. The molecule has 0 atom stereocenters. The molecule has 0 fully saturated rings. The van der Waals surface area contributed by atoms with Crippen LogP contribution >= 0.6 is 46.4 Å². The van der Waals surface area contributed by atoms with Crippen molar-refractivity contribution in [1.82, 2.24) is 0 Å². The molecule has 0 aromatic heterocycles. The Morgan fingerprint density at radius 1 is 0.588 bits per heavy atom. The third kappa shape index (κ3) is 8.29. The molecule has 0 saturated heterocycles. The fourth-order valence-corrected chi connectivity index (χ4v) is 3.53. The number of benzene rings is 3. The Balaban J connectivity index is 1.37. The van der Waals surface area contributed by atoms with E-state index in [2.05, 4.69) is 0 Å². The van der Waals surface area contributed by atoms with Crippen molar-refractivity contribution in [2.24, 2.45) is 0 Å². The van der Waals surface area contributed by atoms with Crippen molar-refractivity contribution >= 4 is 58.3 Å². The van der Waals surface area contributed by atoms with Gasteiger partial charge in [-0.2, -0.15) is 0 Å². The molecule has 0 aliphatic heterocycles. The van der Waals surface area contributed by atoms with Gasteiger partial charge in [0.05, 0.1) is 10.0 Å². The van der Waals surface area contributed by atoms with Gasteiger partial charge in [0.25, 0.3) is 0 Å². The Morgan fingerprint density at radius 3 is 1.32 bits per heavy atom. The monoisotopic (exact) mass is 542 g/mol. The van der Waals surface area contributed by atoms with Crippen LogP contribution in [-0.2, 0) is 32.3 Å². The van der Waals surface area contributed by atoms with Gasteiger partial charge in [0, 0.05) is 10.0 Å². The number of halogens is 4. The average molecular weight is 544 g/mol. The predicted octanol–water partition coefficient (Wildman–Crippen LogP) is 6.54. The minimum Gasteiger partial charge on any atom is -0.480 e. The third-order valence-electron chi connectivity index (χ3n) is 4.30. The van der Waals surface area contributed by atoms with Gasteiger partial charge in [0.2, 0.25) is 0 Å². The summed E-state index contributed by atoms with van der Waals surface area (Å²) < 4.78 is 21.1. The lowest BCUT2D eigenvalue weighted by Crippen LogP contribution is -2.15. The molecule has 3 aromatic carbocycles. The summed E-state index contributed by atoms with van der Waals surface area (Å²) in [6.07, 6.45) is 0. The molecule has 3 rings (SSSR count). The summed E-state index contributed by atoms with van der Waals surface area (Å²) in [6, 6.07) is 16.4. The SMILES string of the molecule is O=C(COc1ccc(Cl)cc1Cl)OCc1ccc(COC(=O)COc2ccc(Cl)cc2Cl)cc1. The van der Waals surface area contributed by atoms with Crippen LogP contribution in [0.1, 0.15) is 11.1 Å². The van der Waals surface area contributed by atoms with Gasteiger partial charge in [-0.25, -0.2) is 9.59 Å². The smallest absolute Gasteiger partial charge is 0.344 e.